The van der Waals surface area contributed by atoms with Crippen LogP contribution in [0.1, 0.15) is 36.6 Å². The molecule has 1 aromatic carbocycles. The Hall–Kier alpha value is -2.24. The summed E-state index contributed by atoms with van der Waals surface area (Å²) in [5.74, 6) is -0.175. The lowest BCUT2D eigenvalue weighted by Crippen LogP contribution is -2.48. The Labute approximate surface area is 161 Å². The summed E-state index contributed by atoms with van der Waals surface area (Å²) in [5.41, 5.74) is 3.33. The van der Waals surface area contributed by atoms with Crippen molar-refractivity contribution < 1.29 is 9.90 Å². The number of piperazine rings is 1. The van der Waals surface area contributed by atoms with Gasteiger partial charge in [-0.05, 0) is 35.1 Å². The zero-order valence-corrected chi connectivity index (χ0v) is 16.2. The summed E-state index contributed by atoms with van der Waals surface area (Å²) in [7, 11) is 0. The zero-order valence-electron chi connectivity index (χ0n) is 16.2. The largest absolute Gasteiger partial charge is 0.480 e. The smallest absolute Gasteiger partial charge is 0.325 e. The van der Waals surface area contributed by atoms with Gasteiger partial charge in [-0.2, -0.15) is 0 Å². The third kappa shape index (κ3) is 5.37. The summed E-state index contributed by atoms with van der Waals surface area (Å²) < 4.78 is 0. The number of pyridine rings is 1. The molecular formula is C22H29N3O2. The summed E-state index contributed by atoms with van der Waals surface area (Å²) in [5, 5.41) is 9.83. The van der Waals surface area contributed by atoms with E-state index in [1.807, 2.05) is 24.4 Å². The molecule has 1 unspecified atom stereocenters. The molecule has 1 saturated heterocycles. The molecule has 0 aliphatic carbocycles. The number of rotatable bonds is 7. The quantitative estimate of drug-likeness (QED) is 0.814. The van der Waals surface area contributed by atoms with Crippen LogP contribution in [0.4, 0.5) is 0 Å². The second-order valence-electron chi connectivity index (χ2n) is 7.75. The maximum absolute atomic E-state index is 12.0. The summed E-state index contributed by atoms with van der Waals surface area (Å²) in [6, 6.07) is 11.6. The van der Waals surface area contributed by atoms with Gasteiger partial charge in [0.15, 0.2) is 0 Å². The molecule has 1 fully saturated rings. The van der Waals surface area contributed by atoms with Crippen molar-refractivity contribution in [3.8, 4) is 0 Å². The molecule has 1 aromatic heterocycles. The molecule has 0 bridgehead atoms. The Balaban J connectivity index is 1.62. The maximum atomic E-state index is 12.0. The fraction of sp³-hybridized carbons (Fsp3) is 0.455. The van der Waals surface area contributed by atoms with Gasteiger partial charge in [-0.3, -0.25) is 19.6 Å². The van der Waals surface area contributed by atoms with Gasteiger partial charge in [-0.15, -0.1) is 0 Å². The van der Waals surface area contributed by atoms with E-state index in [9.17, 15) is 9.90 Å². The normalized spacial score (nSPS) is 17.1. The van der Waals surface area contributed by atoms with Gasteiger partial charge in [0.25, 0.3) is 0 Å². The average molecular weight is 367 g/mol. The number of hydrogen-bond donors (Lipinski definition) is 1. The van der Waals surface area contributed by atoms with E-state index in [1.165, 1.54) is 11.1 Å². The summed E-state index contributed by atoms with van der Waals surface area (Å²) in [4.78, 5) is 20.6. The van der Waals surface area contributed by atoms with Crippen LogP contribution in [0, 0.1) is 5.92 Å². The van der Waals surface area contributed by atoms with Gasteiger partial charge < -0.3 is 5.11 Å². The lowest BCUT2D eigenvalue weighted by atomic mass is 9.98. The first-order chi connectivity index (χ1) is 13.0. The number of carbonyl (C=O) groups is 1. The van der Waals surface area contributed by atoms with Gasteiger partial charge in [-0.1, -0.05) is 44.2 Å². The topological polar surface area (TPSA) is 56.7 Å². The summed E-state index contributed by atoms with van der Waals surface area (Å²) in [6.07, 6.45) is 4.70. The van der Waals surface area contributed by atoms with Crippen molar-refractivity contribution in [2.24, 2.45) is 5.92 Å². The highest BCUT2D eigenvalue weighted by molar-refractivity contribution is 5.75. The van der Waals surface area contributed by atoms with Gasteiger partial charge in [0.1, 0.15) is 6.04 Å². The van der Waals surface area contributed by atoms with E-state index in [4.69, 9.17) is 0 Å². The predicted octanol–water partition coefficient (Wildman–Crippen LogP) is 3.22. The van der Waals surface area contributed by atoms with Crippen LogP contribution >= 0.6 is 0 Å². The first kappa shape index (κ1) is 19.5. The monoisotopic (exact) mass is 367 g/mol. The Bertz CT molecular complexity index is 723. The third-order valence-electron chi connectivity index (χ3n) is 5.07. The molecule has 5 nitrogen and oxygen atoms in total. The number of aromatic nitrogens is 1. The Morgan fingerprint density at radius 3 is 2.33 bits per heavy atom. The lowest BCUT2D eigenvalue weighted by Gasteiger charge is -2.37. The molecule has 144 valence electrons. The zero-order chi connectivity index (χ0) is 19.2. The van der Waals surface area contributed by atoms with Crippen LogP contribution in [-0.2, 0) is 17.8 Å². The van der Waals surface area contributed by atoms with Gasteiger partial charge in [0, 0.05) is 45.1 Å². The van der Waals surface area contributed by atoms with E-state index in [2.05, 4.69) is 46.8 Å². The van der Waals surface area contributed by atoms with Crippen molar-refractivity contribution >= 4 is 5.97 Å². The van der Waals surface area contributed by atoms with Crippen LogP contribution in [0.3, 0.4) is 0 Å². The van der Waals surface area contributed by atoms with E-state index in [0.717, 1.165) is 44.7 Å². The van der Waals surface area contributed by atoms with Crippen LogP contribution < -0.4 is 0 Å². The van der Waals surface area contributed by atoms with Crippen LogP contribution in [-0.4, -0.2) is 52.0 Å². The fourth-order valence-corrected chi connectivity index (χ4v) is 3.75. The highest BCUT2D eigenvalue weighted by Gasteiger charge is 2.30. The third-order valence-corrected chi connectivity index (χ3v) is 5.07. The van der Waals surface area contributed by atoms with E-state index in [1.54, 1.807) is 6.20 Å². The Morgan fingerprint density at radius 1 is 1.07 bits per heavy atom. The Morgan fingerprint density at radius 2 is 1.78 bits per heavy atom. The molecule has 27 heavy (non-hydrogen) atoms. The maximum Gasteiger partial charge on any atom is 0.325 e. The van der Waals surface area contributed by atoms with Crippen LogP contribution in [0.25, 0.3) is 0 Å². The number of nitrogens with zero attached hydrogens (tertiary/aromatic N) is 3. The summed E-state index contributed by atoms with van der Waals surface area (Å²) in [6.45, 7) is 8.49. The number of carboxylic acid groups (broad SMARTS) is 1. The highest BCUT2D eigenvalue weighted by atomic mass is 16.4. The highest BCUT2D eigenvalue weighted by Crippen LogP contribution is 2.24. The number of benzene rings is 1. The van der Waals surface area contributed by atoms with Crippen molar-refractivity contribution in [2.45, 2.75) is 32.9 Å². The molecule has 1 atom stereocenters. The number of hydrogen-bond acceptors (Lipinski definition) is 4. The van der Waals surface area contributed by atoms with Gasteiger partial charge in [0.05, 0.1) is 0 Å². The number of aliphatic carboxylic acids is 1. The van der Waals surface area contributed by atoms with Gasteiger partial charge >= 0.3 is 5.97 Å². The van der Waals surface area contributed by atoms with Crippen molar-refractivity contribution in [1.82, 2.24) is 14.8 Å². The molecule has 1 N–H and O–H groups in total. The van der Waals surface area contributed by atoms with E-state index in [-0.39, 0.29) is 0 Å². The minimum atomic E-state index is -0.771. The Kier molecular flexibility index (Phi) is 6.58. The first-order valence-electron chi connectivity index (χ1n) is 9.70. The molecule has 2 aromatic rings. The second kappa shape index (κ2) is 9.11. The second-order valence-corrected chi connectivity index (χ2v) is 7.75. The molecule has 0 saturated carbocycles. The van der Waals surface area contributed by atoms with E-state index in [0.29, 0.717) is 5.92 Å². The minimum Gasteiger partial charge on any atom is -0.480 e. The molecule has 0 radical (unpaired) electrons. The standard InChI is InChI=1S/C22H29N3O2/c1-17(2)14-18-5-7-20(8-6-18)21(22(26)27)25-12-10-24(11-13-25)16-19-4-3-9-23-15-19/h3-9,15,17,21H,10-14,16H2,1-2H3,(H,26,27). The average Bonchev–Trinajstić information content (AvgIpc) is 2.65. The molecular weight excluding hydrogens is 338 g/mol. The van der Waals surface area contributed by atoms with Crippen molar-refractivity contribution in [1.29, 1.82) is 0 Å². The fourth-order valence-electron chi connectivity index (χ4n) is 3.75. The number of carboxylic acids is 1. The van der Waals surface area contributed by atoms with Gasteiger partial charge in [0.2, 0.25) is 0 Å². The molecule has 0 amide bonds. The predicted molar refractivity (Wildman–Crippen MR) is 106 cm³/mol. The van der Waals surface area contributed by atoms with Crippen LogP contribution in [0.2, 0.25) is 0 Å². The molecule has 0 spiro atoms. The van der Waals surface area contributed by atoms with Crippen LogP contribution in [0.5, 0.6) is 0 Å². The van der Waals surface area contributed by atoms with E-state index >= 15 is 0 Å². The minimum absolute atomic E-state index is 0.571. The van der Waals surface area contributed by atoms with Gasteiger partial charge in [-0.25, -0.2) is 0 Å². The summed E-state index contributed by atoms with van der Waals surface area (Å²) >= 11 is 0. The molecule has 1 aliphatic rings. The molecule has 3 rings (SSSR count). The first-order valence-corrected chi connectivity index (χ1v) is 9.70. The van der Waals surface area contributed by atoms with Crippen molar-refractivity contribution in [3.63, 3.8) is 0 Å². The lowest BCUT2D eigenvalue weighted by molar-refractivity contribution is -0.144. The van der Waals surface area contributed by atoms with Crippen LogP contribution in [0.15, 0.2) is 48.8 Å². The van der Waals surface area contributed by atoms with Crippen molar-refractivity contribution in [2.75, 3.05) is 26.2 Å². The van der Waals surface area contributed by atoms with E-state index < -0.39 is 12.0 Å². The molecule has 5 heteroatoms. The molecule has 1 aliphatic heterocycles. The van der Waals surface area contributed by atoms with Crippen molar-refractivity contribution in [3.05, 3.63) is 65.5 Å². The molecule has 2 heterocycles. The SMILES string of the molecule is CC(C)Cc1ccc(C(C(=O)O)N2CCN(Cc3cccnc3)CC2)cc1.